The van der Waals surface area contributed by atoms with Crippen molar-refractivity contribution in [2.24, 2.45) is 13.0 Å². The minimum Gasteiger partial charge on any atom is -0.487 e. The quantitative estimate of drug-likeness (QED) is 0.0386. The van der Waals surface area contributed by atoms with E-state index in [1.165, 1.54) is 66.8 Å². The number of nitrogens with zero attached hydrogens (tertiary/aromatic N) is 16. The summed E-state index contributed by atoms with van der Waals surface area (Å²) in [4.78, 5) is 136. The highest BCUT2D eigenvalue weighted by Gasteiger charge is 2.26. The molecule has 10 heterocycles. The molecule has 33 heteroatoms. The Hall–Kier alpha value is -16.3. The average molecular weight is 1690 g/mol. The maximum Gasteiger partial charge on any atom is 0.283 e. The zero-order valence-corrected chi connectivity index (χ0v) is 68.4. The second-order valence-corrected chi connectivity index (χ2v) is 29.5. The number of rotatable bonds is 25. The summed E-state index contributed by atoms with van der Waals surface area (Å²) in [6.45, 7) is 5.17. The minimum atomic E-state index is -0.408. The monoisotopic (exact) mass is 1690 g/mol. The van der Waals surface area contributed by atoms with Crippen molar-refractivity contribution in [2.45, 2.75) is 79.3 Å². The molecule has 0 radical (unpaired) electrons. The number of fused-ring (bicyclic) bond motifs is 4. The Labute approximate surface area is 714 Å². The van der Waals surface area contributed by atoms with Crippen LogP contribution >= 0.6 is 11.6 Å². The summed E-state index contributed by atoms with van der Waals surface area (Å²) in [5.41, 5.74) is 7.79. The first-order valence-corrected chi connectivity index (χ1v) is 40.0. The van der Waals surface area contributed by atoms with Crippen LogP contribution in [0.25, 0.3) is 68.7 Å². The highest BCUT2D eigenvalue weighted by molar-refractivity contribution is 6.34. The number of nitrogens with one attached hydrogen (secondary N) is 4. The number of aromatic nitrogens is 20. The second-order valence-electron chi connectivity index (χ2n) is 29.0. The molecule has 0 unspecified atom stereocenters. The van der Waals surface area contributed by atoms with Gasteiger partial charge >= 0.3 is 0 Å². The van der Waals surface area contributed by atoms with E-state index in [1.54, 1.807) is 117 Å². The molecule has 19 rings (SSSR count). The number of H-pyrrole nitrogens is 4. The zero-order valence-electron chi connectivity index (χ0n) is 67.6. The summed E-state index contributed by atoms with van der Waals surface area (Å²) in [5, 5.41) is 20.4. The number of carbonyl (C=O) groups excluding carboxylic acids is 4. The maximum absolute atomic E-state index is 13.2. The van der Waals surface area contributed by atoms with E-state index in [0.717, 1.165) is 34.4 Å². The van der Waals surface area contributed by atoms with Crippen LogP contribution in [0.2, 0.25) is 5.02 Å². The first-order valence-electron chi connectivity index (χ1n) is 39.6. The van der Waals surface area contributed by atoms with E-state index in [-0.39, 0.29) is 112 Å². The number of ether oxygens (including phenoxy) is 4. The van der Waals surface area contributed by atoms with Crippen LogP contribution in [0, 0.1) is 19.8 Å². The normalized spacial score (nSPS) is 11.6. The van der Waals surface area contributed by atoms with Crippen molar-refractivity contribution in [1.29, 1.82) is 0 Å². The van der Waals surface area contributed by atoms with Crippen molar-refractivity contribution < 1.29 is 38.1 Å². The molecule has 8 aromatic carbocycles. The van der Waals surface area contributed by atoms with Crippen LogP contribution in [0.4, 0.5) is 0 Å². The van der Waals surface area contributed by atoms with Crippen LogP contribution in [-0.2, 0) is 39.9 Å². The summed E-state index contributed by atoms with van der Waals surface area (Å²) in [6.07, 6.45) is 5.79. The largest absolute Gasteiger partial charge is 0.487 e. The van der Waals surface area contributed by atoms with Gasteiger partial charge in [-0.15, -0.1) is 0 Å². The number of Topliss-reactive ketones (excluding diaryl/α,β-unsaturated/α-hetero) is 3. The fourth-order valence-corrected chi connectivity index (χ4v) is 13.8. The van der Waals surface area contributed by atoms with E-state index in [4.69, 9.17) is 30.5 Å². The lowest BCUT2D eigenvalue weighted by atomic mass is 10.0. The maximum atomic E-state index is 13.2. The van der Waals surface area contributed by atoms with Gasteiger partial charge in [0.2, 0.25) is 0 Å². The Balaban J connectivity index is 0.000000123. The molecule has 0 amide bonds. The van der Waals surface area contributed by atoms with Gasteiger partial charge in [-0.05, 0) is 93.8 Å². The van der Waals surface area contributed by atoms with Gasteiger partial charge in [0.05, 0.1) is 56.6 Å². The molecule has 624 valence electrons. The molecule has 4 N–H and O–H groups in total. The number of para-hydroxylation sites is 3. The van der Waals surface area contributed by atoms with Crippen molar-refractivity contribution in [1.82, 2.24) is 97.9 Å². The first kappa shape index (κ1) is 82.4. The molecule has 18 aromatic rings. The topological polar surface area (TPSA) is 393 Å². The minimum absolute atomic E-state index is 0.0231. The highest BCUT2D eigenvalue weighted by Crippen LogP contribution is 2.35. The Bertz CT molecular complexity index is 7270. The van der Waals surface area contributed by atoms with Gasteiger partial charge in [0.25, 0.3) is 51.3 Å². The number of ketones is 3. The molecule has 0 bridgehead atoms. The van der Waals surface area contributed by atoms with Crippen LogP contribution in [-0.4, -0.2) is 121 Å². The molecule has 0 aliphatic heterocycles. The molecular weight excluding hydrogens is 1610 g/mol. The van der Waals surface area contributed by atoms with E-state index in [9.17, 15) is 38.4 Å². The van der Waals surface area contributed by atoms with Gasteiger partial charge in [0.15, 0.2) is 40.6 Å². The Morgan fingerprint density at radius 3 is 1.13 bits per heavy atom. The summed E-state index contributed by atoms with van der Waals surface area (Å²) >= 11 is 6.35. The summed E-state index contributed by atoms with van der Waals surface area (Å²) in [7, 11) is 1.80. The molecule has 1 fully saturated rings. The van der Waals surface area contributed by atoms with Crippen LogP contribution in [0.15, 0.2) is 274 Å². The standard InChI is InChI=1S/C24H19ClN6O3.C24H20N6O3.C24H22N4O3.C20H16N4O3/c1-14-11-15(2)30(28-14)23(33)21-18(25)9-6-10-19(21)34-13-17-12-20(32)31-24(26-17)27-22(29-31)16-7-4-3-5-8-16;1-29-18(11-12-25-29)14-20(31)19-9-5-6-10-21(19)33-15-17-13-22(32)30-24(26-17)27-23(28-30)16-7-3-2-4-8-16;29-20(13-12-16-10-11-16)19-8-4-5-9-21(19)31-15-18-14-22(30)28-24(25-18)26-23(27-28)17-6-2-1-3-7-17;1-13(25)16-9-5-6-10-17(16)27-12-15-11-18(26)24-20(21-15)22-19(23-24)14-7-3-2-4-8-14/h3-12H,13H2,1-2H3,(H,26,27,29);2-13H,14-15H2,1H3,(H,26,27,28);1-9,14,16H,10-13,15H2,(H,25,26,27);2-11H,12H2,1H3,(H,21,22,23). The number of aromatic amines is 4. The number of aryl methyl sites for hydroxylation is 3. The van der Waals surface area contributed by atoms with E-state index < -0.39 is 5.91 Å². The zero-order chi connectivity index (χ0) is 86.6. The number of hydrogen-bond acceptors (Lipinski definition) is 22. The van der Waals surface area contributed by atoms with Crippen molar-refractivity contribution >= 4 is 58.0 Å². The third kappa shape index (κ3) is 19.5. The van der Waals surface area contributed by atoms with E-state index in [1.807, 2.05) is 140 Å². The van der Waals surface area contributed by atoms with Gasteiger partial charge in [-0.3, -0.25) is 63.4 Å². The number of halogens is 1. The lowest BCUT2D eigenvalue weighted by molar-refractivity contribution is 0.0934. The number of hydrogen-bond donors (Lipinski definition) is 4. The smallest absolute Gasteiger partial charge is 0.283 e. The average Bonchev–Trinajstić information content (AvgIpc) is 1.68. The molecular formula is C92H77ClN20O12. The predicted octanol–water partition coefficient (Wildman–Crippen LogP) is 13.5. The Morgan fingerprint density at radius 1 is 0.416 bits per heavy atom. The van der Waals surface area contributed by atoms with Crippen molar-refractivity contribution in [3.05, 3.63) is 363 Å². The number of carbonyl (C=O) groups is 4. The van der Waals surface area contributed by atoms with Crippen LogP contribution in [0.3, 0.4) is 0 Å². The summed E-state index contributed by atoms with van der Waals surface area (Å²) in [5.74, 6) is 5.07. The molecule has 125 heavy (non-hydrogen) atoms. The fraction of sp³-hybridized carbons (Fsp3) is 0.152. The van der Waals surface area contributed by atoms with Crippen LogP contribution in [0.5, 0.6) is 23.0 Å². The lowest BCUT2D eigenvalue weighted by Crippen LogP contribution is -2.18. The van der Waals surface area contributed by atoms with Crippen LogP contribution < -0.4 is 41.2 Å². The van der Waals surface area contributed by atoms with Crippen molar-refractivity contribution in [2.75, 3.05) is 0 Å². The lowest BCUT2D eigenvalue weighted by Gasteiger charge is -2.12. The van der Waals surface area contributed by atoms with Gasteiger partial charge in [-0.2, -0.15) is 48.2 Å². The van der Waals surface area contributed by atoms with Crippen molar-refractivity contribution in [3.8, 4) is 68.5 Å². The van der Waals surface area contributed by atoms with E-state index in [0.29, 0.717) is 104 Å². The van der Waals surface area contributed by atoms with Gasteiger partial charge in [0, 0.05) is 77.6 Å². The first-order chi connectivity index (χ1) is 60.8. The van der Waals surface area contributed by atoms with Gasteiger partial charge < -0.3 is 18.9 Å². The Kier molecular flexibility index (Phi) is 24.5. The third-order valence-electron chi connectivity index (χ3n) is 20.0. The third-order valence-corrected chi connectivity index (χ3v) is 20.3. The molecule has 0 atom stereocenters. The number of benzene rings is 8. The molecule has 0 spiro atoms. The molecule has 10 aromatic heterocycles. The molecule has 0 saturated heterocycles. The molecule has 1 aliphatic carbocycles. The van der Waals surface area contributed by atoms with Crippen LogP contribution in [0.1, 0.15) is 114 Å². The summed E-state index contributed by atoms with van der Waals surface area (Å²) in [6, 6.07) is 73.2. The van der Waals surface area contributed by atoms with Gasteiger partial charge in [-0.25, -0.2) is 24.6 Å². The molecule has 1 saturated carbocycles. The predicted molar refractivity (Wildman–Crippen MR) is 463 cm³/mol. The fourth-order valence-electron chi connectivity index (χ4n) is 13.5. The van der Waals surface area contributed by atoms with E-state index >= 15 is 0 Å². The highest BCUT2D eigenvalue weighted by atomic mass is 35.5. The van der Waals surface area contributed by atoms with E-state index in [2.05, 4.69) is 70.5 Å². The molecule has 1 aliphatic rings. The molecule has 32 nitrogen and oxygen atoms in total. The second kappa shape index (κ2) is 37.2. The summed E-state index contributed by atoms with van der Waals surface area (Å²) < 4.78 is 31.5. The van der Waals surface area contributed by atoms with Gasteiger partial charge in [0.1, 0.15) is 55.0 Å². The SMILES string of the molecule is CC(=O)c1ccccc1OCc1cc(=O)n2[nH]c(-c3ccccc3)nc2n1.Cc1cc(C)n(C(=O)c2c(Cl)cccc2OCc2cc(=O)n3[nH]c(-c4ccccc4)nc3n2)n1.Cn1nccc1CC(=O)c1ccccc1OCc1cc(=O)n2[nH]c(-c3ccccc3)nc2n1.O=C(CCC1CC1)c1ccccc1OCc1cc(=O)n2[nH]c(-c3ccccc3)nc2n1. The van der Waals surface area contributed by atoms with Crippen molar-refractivity contribution in [3.63, 3.8) is 0 Å². The van der Waals surface area contributed by atoms with Gasteiger partial charge in [-0.1, -0.05) is 188 Å². The Morgan fingerprint density at radius 2 is 0.768 bits per heavy atom.